The Morgan fingerprint density at radius 2 is 1.70 bits per heavy atom. The zero-order valence-corrected chi connectivity index (χ0v) is 18.0. The lowest BCUT2D eigenvalue weighted by Crippen LogP contribution is -2.25. The highest BCUT2D eigenvalue weighted by molar-refractivity contribution is 14.1. The lowest BCUT2D eigenvalue weighted by Gasteiger charge is -2.11. The third-order valence-corrected chi connectivity index (χ3v) is 5.29. The standard InChI is InChI=1S/C18H11F3I2N2O2/c1-27-15-13(22)8-10(9-14(15)23)7-12-16(18(19,20)21)24-25(17(12)26)11-5-3-2-4-6-11/h2-9H,1H3/b12-7-. The fourth-order valence-electron chi connectivity index (χ4n) is 2.52. The first kappa shape index (κ1) is 20.1. The second-order valence-corrected chi connectivity index (χ2v) is 7.80. The fourth-order valence-corrected chi connectivity index (χ4v) is 4.78. The number of carbonyl (C=O) groups excluding carboxylic acids is 1. The van der Waals surface area contributed by atoms with Crippen molar-refractivity contribution in [2.75, 3.05) is 12.1 Å². The number of rotatable bonds is 3. The molecule has 3 rings (SSSR count). The zero-order chi connectivity index (χ0) is 19.8. The predicted molar refractivity (Wildman–Crippen MR) is 114 cm³/mol. The van der Waals surface area contributed by atoms with Crippen LogP contribution in [-0.2, 0) is 4.79 Å². The molecule has 0 N–H and O–H groups in total. The second kappa shape index (κ2) is 7.78. The van der Waals surface area contributed by atoms with Crippen LogP contribution in [0.25, 0.3) is 6.08 Å². The zero-order valence-electron chi connectivity index (χ0n) is 13.7. The molecule has 0 bridgehead atoms. The Kier molecular flexibility index (Phi) is 5.79. The molecule has 0 aliphatic carbocycles. The van der Waals surface area contributed by atoms with Gasteiger partial charge in [0, 0.05) is 0 Å². The molecular weight excluding hydrogens is 587 g/mol. The van der Waals surface area contributed by atoms with Crippen molar-refractivity contribution >= 4 is 68.6 Å². The van der Waals surface area contributed by atoms with Crippen molar-refractivity contribution < 1.29 is 22.7 Å². The van der Waals surface area contributed by atoms with Gasteiger partial charge in [-0.25, -0.2) is 0 Å². The van der Waals surface area contributed by atoms with Gasteiger partial charge in [0.2, 0.25) is 0 Å². The van der Waals surface area contributed by atoms with Gasteiger partial charge in [-0.3, -0.25) is 4.79 Å². The normalized spacial score (nSPS) is 16.1. The molecule has 0 spiro atoms. The van der Waals surface area contributed by atoms with Crippen LogP contribution >= 0.6 is 45.2 Å². The van der Waals surface area contributed by atoms with E-state index in [9.17, 15) is 18.0 Å². The van der Waals surface area contributed by atoms with Crippen molar-refractivity contribution in [2.45, 2.75) is 6.18 Å². The summed E-state index contributed by atoms with van der Waals surface area (Å²) < 4.78 is 47.1. The summed E-state index contributed by atoms with van der Waals surface area (Å²) in [6.07, 6.45) is -3.54. The maximum atomic E-state index is 13.5. The predicted octanol–water partition coefficient (Wildman–Crippen LogP) is 5.25. The Labute approximate surface area is 180 Å². The molecule has 0 aromatic heterocycles. The van der Waals surface area contributed by atoms with E-state index in [1.807, 2.05) is 45.2 Å². The topological polar surface area (TPSA) is 41.9 Å². The summed E-state index contributed by atoms with van der Waals surface area (Å²) in [5.41, 5.74) is -0.980. The molecule has 0 atom stereocenters. The molecule has 9 heteroatoms. The Hall–Kier alpha value is -1.63. The molecule has 0 fully saturated rings. The summed E-state index contributed by atoms with van der Waals surface area (Å²) in [5.74, 6) is -0.193. The number of methoxy groups -OCH3 is 1. The molecule has 0 radical (unpaired) electrons. The number of para-hydroxylation sites is 1. The molecule has 27 heavy (non-hydrogen) atoms. The maximum absolute atomic E-state index is 13.5. The monoisotopic (exact) mass is 598 g/mol. The third kappa shape index (κ3) is 4.13. The molecule has 1 aliphatic rings. The average molecular weight is 598 g/mol. The van der Waals surface area contributed by atoms with Crippen LogP contribution in [-0.4, -0.2) is 24.9 Å². The van der Waals surface area contributed by atoms with Crippen LogP contribution < -0.4 is 9.75 Å². The van der Waals surface area contributed by atoms with Crippen molar-refractivity contribution in [3.05, 3.63) is 60.7 Å². The van der Waals surface area contributed by atoms with Gasteiger partial charge in [0.1, 0.15) is 5.75 Å². The summed E-state index contributed by atoms with van der Waals surface area (Å²) >= 11 is 4.06. The first-order chi connectivity index (χ1) is 12.7. The summed E-state index contributed by atoms with van der Waals surface area (Å²) in [4.78, 5) is 12.7. The van der Waals surface area contributed by atoms with Crippen LogP contribution in [0.2, 0.25) is 0 Å². The van der Waals surface area contributed by atoms with E-state index in [1.54, 1.807) is 30.3 Å². The van der Waals surface area contributed by atoms with Gasteiger partial charge in [0.25, 0.3) is 5.91 Å². The van der Waals surface area contributed by atoms with Gasteiger partial charge in [0.05, 0.1) is 25.5 Å². The third-order valence-electron chi connectivity index (χ3n) is 3.68. The van der Waals surface area contributed by atoms with Crippen LogP contribution in [0.1, 0.15) is 5.56 Å². The smallest absolute Gasteiger partial charge is 0.435 e. The number of ether oxygens (including phenoxy) is 1. The molecule has 1 aliphatic heterocycles. The molecule has 2 aromatic carbocycles. The number of hydrazone groups is 1. The molecule has 1 amide bonds. The lowest BCUT2D eigenvalue weighted by atomic mass is 10.1. The first-order valence-corrected chi connectivity index (χ1v) is 9.68. The van der Waals surface area contributed by atoms with Gasteiger partial charge in [0.15, 0.2) is 5.71 Å². The van der Waals surface area contributed by atoms with E-state index in [-0.39, 0.29) is 5.69 Å². The lowest BCUT2D eigenvalue weighted by molar-refractivity contribution is -0.114. The minimum Gasteiger partial charge on any atom is -0.495 e. The Bertz CT molecular complexity index is 934. The number of amides is 1. The number of benzene rings is 2. The fraction of sp³-hybridized carbons (Fsp3) is 0.111. The van der Waals surface area contributed by atoms with Gasteiger partial charge in [-0.15, -0.1) is 0 Å². The maximum Gasteiger partial charge on any atom is 0.435 e. The quantitative estimate of drug-likeness (QED) is 0.358. The number of carbonyl (C=O) groups is 1. The minimum atomic E-state index is -4.75. The Balaban J connectivity index is 2.10. The minimum absolute atomic E-state index is 0.270. The van der Waals surface area contributed by atoms with Crippen LogP contribution in [0.15, 0.2) is 53.1 Å². The van der Waals surface area contributed by atoms with Crippen molar-refractivity contribution in [1.82, 2.24) is 0 Å². The van der Waals surface area contributed by atoms with Crippen LogP contribution in [0.4, 0.5) is 18.9 Å². The second-order valence-electron chi connectivity index (χ2n) is 5.47. The van der Waals surface area contributed by atoms with Gasteiger partial charge in [-0.05, 0) is 81.1 Å². The van der Waals surface area contributed by atoms with Gasteiger partial charge < -0.3 is 4.74 Å². The summed E-state index contributed by atoms with van der Waals surface area (Å²) in [7, 11) is 1.52. The number of halogens is 5. The van der Waals surface area contributed by atoms with E-state index in [4.69, 9.17) is 4.74 Å². The summed E-state index contributed by atoms with van der Waals surface area (Å²) in [5, 5.41) is 4.32. The first-order valence-electron chi connectivity index (χ1n) is 7.52. The van der Waals surface area contributed by atoms with Crippen molar-refractivity contribution in [3.63, 3.8) is 0 Å². The summed E-state index contributed by atoms with van der Waals surface area (Å²) in [6, 6.07) is 11.3. The van der Waals surface area contributed by atoms with Crippen molar-refractivity contribution in [3.8, 4) is 5.75 Å². The molecule has 4 nitrogen and oxygen atoms in total. The van der Waals surface area contributed by atoms with E-state index < -0.39 is 23.4 Å². The van der Waals surface area contributed by atoms with Gasteiger partial charge in [-0.2, -0.15) is 23.3 Å². The van der Waals surface area contributed by atoms with Crippen molar-refractivity contribution in [2.24, 2.45) is 5.10 Å². The summed E-state index contributed by atoms with van der Waals surface area (Å²) in [6.45, 7) is 0. The SMILES string of the molecule is COc1c(I)cc(/C=C2\C(=O)N(c3ccccc3)N=C2C(F)(F)F)cc1I. The van der Waals surface area contributed by atoms with E-state index in [1.165, 1.54) is 25.3 Å². The van der Waals surface area contributed by atoms with Crippen LogP contribution in [0, 0.1) is 7.14 Å². The largest absolute Gasteiger partial charge is 0.495 e. The molecule has 1 heterocycles. The van der Waals surface area contributed by atoms with E-state index in [0.29, 0.717) is 11.3 Å². The van der Waals surface area contributed by atoms with Gasteiger partial charge >= 0.3 is 6.18 Å². The Morgan fingerprint density at radius 1 is 1.11 bits per heavy atom. The average Bonchev–Trinajstić information content (AvgIpc) is 2.92. The highest BCUT2D eigenvalue weighted by Crippen LogP contribution is 2.34. The molecule has 2 aromatic rings. The number of nitrogens with zero attached hydrogens (tertiary/aromatic N) is 2. The van der Waals surface area contributed by atoms with Crippen LogP contribution in [0.5, 0.6) is 5.75 Å². The highest BCUT2D eigenvalue weighted by Gasteiger charge is 2.46. The molecule has 0 unspecified atom stereocenters. The highest BCUT2D eigenvalue weighted by atomic mass is 127. The number of anilines is 1. The molecular formula is C18H11F3I2N2O2. The van der Waals surface area contributed by atoms with Crippen LogP contribution in [0.3, 0.4) is 0 Å². The Morgan fingerprint density at radius 3 is 2.22 bits per heavy atom. The number of alkyl halides is 3. The number of hydrogen-bond donors (Lipinski definition) is 0. The van der Waals surface area contributed by atoms with E-state index in [2.05, 4.69) is 5.10 Å². The molecule has 0 saturated carbocycles. The van der Waals surface area contributed by atoms with Gasteiger partial charge in [-0.1, -0.05) is 18.2 Å². The van der Waals surface area contributed by atoms with E-state index in [0.717, 1.165) is 12.1 Å². The van der Waals surface area contributed by atoms with E-state index >= 15 is 0 Å². The molecule has 140 valence electrons. The van der Waals surface area contributed by atoms with Crippen molar-refractivity contribution in [1.29, 1.82) is 0 Å². The molecule has 0 saturated heterocycles. The number of hydrogen-bond acceptors (Lipinski definition) is 3.